The molecule has 0 aliphatic carbocycles. The summed E-state index contributed by atoms with van der Waals surface area (Å²) in [6, 6.07) is 8.35. The summed E-state index contributed by atoms with van der Waals surface area (Å²) in [6.45, 7) is 8.71. The van der Waals surface area contributed by atoms with E-state index >= 15 is 0 Å². The Morgan fingerprint density at radius 3 is 2.47 bits per heavy atom. The maximum absolute atomic E-state index is 5.90. The van der Waals surface area contributed by atoms with Crippen molar-refractivity contribution in [2.24, 2.45) is 10.7 Å². The molecular weight excluding hydrogens is 325 g/mol. The number of aliphatic imine (C=N–C) groups is 1. The van der Waals surface area contributed by atoms with E-state index in [4.69, 9.17) is 5.73 Å². The molecule has 0 fully saturated rings. The molecular formula is C13H22IN3. The van der Waals surface area contributed by atoms with Crippen molar-refractivity contribution in [2.75, 3.05) is 13.1 Å². The number of hydrogen-bond donors (Lipinski definition) is 1. The Kier molecular flexibility index (Phi) is 7.95. The second kappa shape index (κ2) is 8.33. The van der Waals surface area contributed by atoms with Gasteiger partial charge in [-0.15, -0.1) is 24.0 Å². The van der Waals surface area contributed by atoms with Crippen molar-refractivity contribution in [3.05, 3.63) is 35.4 Å². The first-order valence-electron chi connectivity index (χ1n) is 5.77. The molecule has 96 valence electrons. The summed E-state index contributed by atoms with van der Waals surface area (Å²) in [5, 5.41) is 0. The number of rotatable bonds is 4. The lowest BCUT2D eigenvalue weighted by atomic mass is 10.1. The van der Waals surface area contributed by atoms with Crippen LogP contribution < -0.4 is 5.73 Å². The number of nitrogens with zero attached hydrogens (tertiary/aromatic N) is 2. The second-order valence-corrected chi connectivity index (χ2v) is 3.84. The van der Waals surface area contributed by atoms with Gasteiger partial charge in [-0.1, -0.05) is 29.8 Å². The van der Waals surface area contributed by atoms with Gasteiger partial charge in [-0.3, -0.25) is 0 Å². The van der Waals surface area contributed by atoms with Gasteiger partial charge in [0.25, 0.3) is 0 Å². The average Bonchev–Trinajstić information content (AvgIpc) is 2.28. The van der Waals surface area contributed by atoms with Crippen molar-refractivity contribution in [1.29, 1.82) is 0 Å². The molecule has 0 aromatic heterocycles. The molecule has 0 amide bonds. The monoisotopic (exact) mass is 347 g/mol. The number of nitrogens with two attached hydrogens (primary N) is 1. The summed E-state index contributed by atoms with van der Waals surface area (Å²) in [7, 11) is 0. The minimum absolute atomic E-state index is 0. The van der Waals surface area contributed by atoms with Crippen LogP contribution in [0.2, 0.25) is 0 Å². The second-order valence-electron chi connectivity index (χ2n) is 3.84. The zero-order chi connectivity index (χ0) is 12.0. The van der Waals surface area contributed by atoms with Crippen LogP contribution in [0.3, 0.4) is 0 Å². The SMILES string of the molecule is CCN(CC)C(N)=NCc1cccc(C)c1.I. The molecule has 0 aliphatic rings. The summed E-state index contributed by atoms with van der Waals surface area (Å²) >= 11 is 0. The average molecular weight is 347 g/mol. The molecule has 0 atom stereocenters. The van der Waals surface area contributed by atoms with E-state index in [0.717, 1.165) is 13.1 Å². The summed E-state index contributed by atoms with van der Waals surface area (Å²) in [5.41, 5.74) is 8.36. The normalized spacial score (nSPS) is 10.9. The maximum atomic E-state index is 5.90. The third kappa shape index (κ3) is 5.39. The van der Waals surface area contributed by atoms with Gasteiger partial charge in [0.2, 0.25) is 0 Å². The Morgan fingerprint density at radius 1 is 1.29 bits per heavy atom. The summed E-state index contributed by atoms with van der Waals surface area (Å²) in [6.07, 6.45) is 0. The minimum Gasteiger partial charge on any atom is -0.370 e. The van der Waals surface area contributed by atoms with Crippen LogP contribution in [0.15, 0.2) is 29.3 Å². The van der Waals surface area contributed by atoms with Gasteiger partial charge < -0.3 is 10.6 Å². The number of hydrogen-bond acceptors (Lipinski definition) is 1. The van der Waals surface area contributed by atoms with Crippen molar-refractivity contribution in [3.63, 3.8) is 0 Å². The number of benzene rings is 1. The molecule has 1 aromatic rings. The van der Waals surface area contributed by atoms with Crippen molar-refractivity contribution in [3.8, 4) is 0 Å². The van der Waals surface area contributed by atoms with E-state index in [9.17, 15) is 0 Å². The number of guanidine groups is 1. The highest BCUT2D eigenvalue weighted by Gasteiger charge is 2.01. The predicted octanol–water partition coefficient (Wildman–Crippen LogP) is 2.77. The van der Waals surface area contributed by atoms with Gasteiger partial charge >= 0.3 is 0 Å². The summed E-state index contributed by atoms with van der Waals surface area (Å²) in [4.78, 5) is 6.45. The van der Waals surface area contributed by atoms with Gasteiger partial charge in [0.15, 0.2) is 5.96 Å². The first kappa shape index (κ1) is 16.2. The lowest BCUT2D eigenvalue weighted by molar-refractivity contribution is 0.458. The smallest absolute Gasteiger partial charge is 0.191 e. The Bertz CT molecular complexity index is 359. The van der Waals surface area contributed by atoms with Gasteiger partial charge in [0, 0.05) is 13.1 Å². The molecule has 0 spiro atoms. The van der Waals surface area contributed by atoms with E-state index in [1.54, 1.807) is 0 Å². The Hall–Kier alpha value is -0.780. The van der Waals surface area contributed by atoms with E-state index in [-0.39, 0.29) is 24.0 Å². The minimum atomic E-state index is 0. The van der Waals surface area contributed by atoms with Crippen LogP contribution in [-0.2, 0) is 6.54 Å². The fraction of sp³-hybridized carbons (Fsp3) is 0.462. The summed E-state index contributed by atoms with van der Waals surface area (Å²) in [5.74, 6) is 0.631. The summed E-state index contributed by atoms with van der Waals surface area (Å²) < 4.78 is 0. The molecule has 0 saturated heterocycles. The lowest BCUT2D eigenvalue weighted by Gasteiger charge is -2.19. The van der Waals surface area contributed by atoms with Gasteiger partial charge in [-0.25, -0.2) is 4.99 Å². The van der Waals surface area contributed by atoms with Crippen LogP contribution >= 0.6 is 24.0 Å². The molecule has 0 heterocycles. The largest absolute Gasteiger partial charge is 0.370 e. The van der Waals surface area contributed by atoms with Crippen molar-refractivity contribution in [1.82, 2.24) is 4.90 Å². The Balaban J connectivity index is 0.00000256. The topological polar surface area (TPSA) is 41.6 Å². The fourth-order valence-corrected chi connectivity index (χ4v) is 1.63. The quantitative estimate of drug-likeness (QED) is 0.517. The predicted molar refractivity (Wildman–Crippen MR) is 84.8 cm³/mol. The van der Waals surface area contributed by atoms with Crippen molar-refractivity contribution >= 4 is 29.9 Å². The van der Waals surface area contributed by atoms with E-state index in [1.807, 2.05) is 6.07 Å². The highest BCUT2D eigenvalue weighted by atomic mass is 127. The molecule has 0 bridgehead atoms. The standard InChI is InChI=1S/C13H21N3.HI/c1-4-16(5-2)13(14)15-10-12-8-6-7-11(3)9-12;/h6-9H,4-5,10H2,1-3H3,(H2,14,15);1H. The first-order chi connectivity index (χ1) is 7.67. The molecule has 0 radical (unpaired) electrons. The molecule has 3 nitrogen and oxygen atoms in total. The first-order valence-corrected chi connectivity index (χ1v) is 5.77. The van der Waals surface area contributed by atoms with E-state index in [2.05, 4.69) is 48.9 Å². The molecule has 4 heteroatoms. The third-order valence-corrected chi connectivity index (χ3v) is 2.59. The number of halogens is 1. The molecule has 1 rings (SSSR count). The molecule has 17 heavy (non-hydrogen) atoms. The van der Waals surface area contributed by atoms with Gasteiger partial charge in [0.1, 0.15) is 0 Å². The lowest BCUT2D eigenvalue weighted by Crippen LogP contribution is -2.37. The molecule has 0 unspecified atom stereocenters. The van der Waals surface area contributed by atoms with Crippen molar-refractivity contribution in [2.45, 2.75) is 27.3 Å². The molecule has 0 saturated carbocycles. The van der Waals surface area contributed by atoms with Crippen LogP contribution in [-0.4, -0.2) is 23.9 Å². The van der Waals surface area contributed by atoms with Gasteiger partial charge in [-0.2, -0.15) is 0 Å². The van der Waals surface area contributed by atoms with Crippen LogP contribution in [0.1, 0.15) is 25.0 Å². The van der Waals surface area contributed by atoms with Crippen molar-refractivity contribution < 1.29 is 0 Å². The van der Waals surface area contributed by atoms with Crippen LogP contribution in [0.4, 0.5) is 0 Å². The fourth-order valence-electron chi connectivity index (χ4n) is 1.63. The van der Waals surface area contributed by atoms with Crippen LogP contribution in [0.5, 0.6) is 0 Å². The van der Waals surface area contributed by atoms with Crippen LogP contribution in [0, 0.1) is 6.92 Å². The van der Waals surface area contributed by atoms with E-state index < -0.39 is 0 Å². The molecule has 2 N–H and O–H groups in total. The highest BCUT2D eigenvalue weighted by molar-refractivity contribution is 14.0. The Labute approximate surface area is 121 Å². The van der Waals surface area contributed by atoms with Gasteiger partial charge in [-0.05, 0) is 26.3 Å². The van der Waals surface area contributed by atoms with Gasteiger partial charge in [0.05, 0.1) is 6.54 Å². The Morgan fingerprint density at radius 2 is 1.94 bits per heavy atom. The van der Waals surface area contributed by atoms with E-state index in [0.29, 0.717) is 12.5 Å². The zero-order valence-corrected chi connectivity index (χ0v) is 13.1. The number of aryl methyl sites for hydroxylation is 1. The molecule has 1 aromatic carbocycles. The zero-order valence-electron chi connectivity index (χ0n) is 10.8. The molecule has 0 aliphatic heterocycles. The van der Waals surface area contributed by atoms with Crippen LogP contribution in [0.25, 0.3) is 0 Å². The third-order valence-electron chi connectivity index (χ3n) is 2.59. The highest BCUT2D eigenvalue weighted by Crippen LogP contribution is 2.05. The van der Waals surface area contributed by atoms with E-state index in [1.165, 1.54) is 11.1 Å². The maximum Gasteiger partial charge on any atom is 0.191 e.